The molecule has 0 aliphatic heterocycles. The highest BCUT2D eigenvalue weighted by molar-refractivity contribution is 5.27. The lowest BCUT2D eigenvalue weighted by Gasteiger charge is -2.06. The molecule has 2 nitrogen and oxygen atoms in total. The van der Waals surface area contributed by atoms with Gasteiger partial charge in [0.1, 0.15) is 11.6 Å². The van der Waals surface area contributed by atoms with Crippen LogP contribution in [0.3, 0.4) is 0 Å². The fraction of sp³-hybridized carbons (Fsp3) is 0.500. The largest absolute Gasteiger partial charge is 0.493 e. The normalized spacial score (nSPS) is 10.3. The first kappa shape index (κ1) is 12.0. The van der Waals surface area contributed by atoms with E-state index in [9.17, 15) is 4.39 Å². The monoisotopic (exact) mass is 212 g/mol. The first-order valence-corrected chi connectivity index (χ1v) is 5.12. The van der Waals surface area contributed by atoms with Gasteiger partial charge in [-0.15, -0.1) is 0 Å². The van der Waals surface area contributed by atoms with Gasteiger partial charge in [-0.25, -0.2) is 4.39 Å². The first-order valence-electron chi connectivity index (χ1n) is 5.12. The molecule has 1 rings (SSSR count). The molecule has 0 aromatic heterocycles. The second kappa shape index (κ2) is 6.40. The van der Waals surface area contributed by atoms with Crippen molar-refractivity contribution in [2.75, 3.05) is 20.3 Å². The van der Waals surface area contributed by atoms with Crippen LogP contribution in [0.4, 0.5) is 4.39 Å². The van der Waals surface area contributed by atoms with Gasteiger partial charge in [0.25, 0.3) is 0 Å². The molecule has 0 radical (unpaired) electrons. The molecule has 0 saturated heterocycles. The zero-order valence-electron chi connectivity index (χ0n) is 9.25. The van der Waals surface area contributed by atoms with E-state index in [1.807, 2.05) is 0 Å². The third kappa shape index (κ3) is 4.30. The summed E-state index contributed by atoms with van der Waals surface area (Å²) in [6.07, 6.45) is 1.88. The van der Waals surface area contributed by atoms with Crippen LogP contribution in [0.1, 0.15) is 18.4 Å². The molecule has 0 atom stereocenters. The zero-order chi connectivity index (χ0) is 11.1. The summed E-state index contributed by atoms with van der Waals surface area (Å²) < 4.78 is 23.4. The Labute approximate surface area is 90.0 Å². The van der Waals surface area contributed by atoms with Crippen LogP contribution >= 0.6 is 0 Å². The molecule has 0 amide bonds. The Bertz CT molecular complexity index is 300. The molecule has 0 heterocycles. The Balaban J connectivity index is 2.28. The molecule has 0 saturated carbocycles. The van der Waals surface area contributed by atoms with E-state index in [0.29, 0.717) is 17.9 Å². The van der Waals surface area contributed by atoms with Gasteiger partial charge in [0.15, 0.2) is 0 Å². The molecular weight excluding hydrogens is 195 g/mol. The van der Waals surface area contributed by atoms with Gasteiger partial charge in [-0.3, -0.25) is 0 Å². The summed E-state index contributed by atoms with van der Waals surface area (Å²) >= 11 is 0. The number of aryl methyl sites for hydroxylation is 1. The van der Waals surface area contributed by atoms with Crippen molar-refractivity contribution < 1.29 is 13.9 Å². The molecule has 0 unspecified atom stereocenters. The molecule has 15 heavy (non-hydrogen) atoms. The van der Waals surface area contributed by atoms with Crippen LogP contribution in [-0.2, 0) is 4.74 Å². The fourth-order valence-electron chi connectivity index (χ4n) is 1.20. The quantitative estimate of drug-likeness (QED) is 0.675. The first-order chi connectivity index (χ1) is 7.24. The van der Waals surface area contributed by atoms with E-state index >= 15 is 0 Å². The van der Waals surface area contributed by atoms with Gasteiger partial charge in [-0.05, 0) is 31.4 Å². The van der Waals surface area contributed by atoms with Crippen molar-refractivity contribution in [1.29, 1.82) is 0 Å². The van der Waals surface area contributed by atoms with Gasteiger partial charge in [0.05, 0.1) is 6.61 Å². The van der Waals surface area contributed by atoms with Crippen molar-refractivity contribution in [2.45, 2.75) is 19.8 Å². The van der Waals surface area contributed by atoms with Gasteiger partial charge < -0.3 is 9.47 Å². The van der Waals surface area contributed by atoms with Crippen molar-refractivity contribution in [3.63, 3.8) is 0 Å². The Morgan fingerprint density at radius 2 is 1.93 bits per heavy atom. The van der Waals surface area contributed by atoms with Gasteiger partial charge in [-0.2, -0.15) is 0 Å². The topological polar surface area (TPSA) is 18.5 Å². The maximum atomic E-state index is 13.1. The maximum Gasteiger partial charge on any atom is 0.129 e. The average molecular weight is 212 g/mol. The Kier molecular flexibility index (Phi) is 5.12. The third-order valence-corrected chi connectivity index (χ3v) is 2.15. The van der Waals surface area contributed by atoms with Crippen molar-refractivity contribution in [2.24, 2.45) is 0 Å². The zero-order valence-corrected chi connectivity index (χ0v) is 9.25. The smallest absolute Gasteiger partial charge is 0.129 e. The van der Waals surface area contributed by atoms with Crippen molar-refractivity contribution in [1.82, 2.24) is 0 Å². The summed E-state index contributed by atoms with van der Waals surface area (Å²) in [7, 11) is 1.68. The van der Waals surface area contributed by atoms with E-state index in [1.165, 1.54) is 6.07 Å². The van der Waals surface area contributed by atoms with Crippen LogP contribution in [0.25, 0.3) is 0 Å². The average Bonchev–Trinajstić information content (AvgIpc) is 2.23. The SMILES string of the molecule is COCCCCOc1ccc(C)c(F)c1. The molecular formula is C12H17FO2. The minimum absolute atomic E-state index is 0.218. The number of methoxy groups -OCH3 is 1. The predicted octanol–water partition coefficient (Wildman–Crippen LogP) is 2.94. The lowest BCUT2D eigenvalue weighted by molar-refractivity contribution is 0.184. The number of rotatable bonds is 6. The molecule has 0 aliphatic carbocycles. The Morgan fingerprint density at radius 3 is 2.60 bits per heavy atom. The van der Waals surface area contributed by atoms with E-state index in [-0.39, 0.29) is 5.82 Å². The molecule has 84 valence electrons. The van der Waals surface area contributed by atoms with Crippen molar-refractivity contribution in [3.8, 4) is 5.75 Å². The highest BCUT2D eigenvalue weighted by atomic mass is 19.1. The number of unbranched alkanes of at least 4 members (excludes halogenated alkanes) is 1. The van der Waals surface area contributed by atoms with Gasteiger partial charge in [-0.1, -0.05) is 6.07 Å². The summed E-state index contributed by atoms with van der Waals surface area (Å²) in [5.74, 6) is 0.375. The van der Waals surface area contributed by atoms with Crippen LogP contribution in [0, 0.1) is 12.7 Å². The summed E-state index contributed by atoms with van der Waals surface area (Å²) in [5.41, 5.74) is 0.640. The minimum atomic E-state index is -0.218. The predicted molar refractivity (Wildman–Crippen MR) is 57.7 cm³/mol. The molecule has 0 bridgehead atoms. The standard InChI is InChI=1S/C12H17FO2/c1-10-5-6-11(9-12(10)13)15-8-4-3-7-14-2/h5-6,9H,3-4,7-8H2,1-2H3. The van der Waals surface area contributed by atoms with Gasteiger partial charge >= 0.3 is 0 Å². The molecule has 0 N–H and O–H groups in total. The second-order valence-electron chi connectivity index (χ2n) is 3.46. The number of hydrogen-bond acceptors (Lipinski definition) is 2. The van der Waals surface area contributed by atoms with E-state index in [4.69, 9.17) is 9.47 Å². The Morgan fingerprint density at radius 1 is 1.20 bits per heavy atom. The van der Waals surface area contributed by atoms with E-state index in [0.717, 1.165) is 19.4 Å². The maximum absolute atomic E-state index is 13.1. The third-order valence-electron chi connectivity index (χ3n) is 2.15. The van der Waals surface area contributed by atoms with Crippen LogP contribution in [0.15, 0.2) is 18.2 Å². The van der Waals surface area contributed by atoms with Crippen LogP contribution in [0.2, 0.25) is 0 Å². The lowest BCUT2D eigenvalue weighted by Crippen LogP contribution is -2.00. The fourth-order valence-corrected chi connectivity index (χ4v) is 1.20. The van der Waals surface area contributed by atoms with E-state index < -0.39 is 0 Å². The lowest BCUT2D eigenvalue weighted by atomic mass is 10.2. The highest BCUT2D eigenvalue weighted by Crippen LogP contribution is 2.15. The number of ether oxygens (including phenoxy) is 2. The van der Waals surface area contributed by atoms with Gasteiger partial charge in [0.2, 0.25) is 0 Å². The van der Waals surface area contributed by atoms with Crippen LogP contribution in [0.5, 0.6) is 5.75 Å². The Hall–Kier alpha value is -1.09. The van der Waals surface area contributed by atoms with Crippen LogP contribution in [-0.4, -0.2) is 20.3 Å². The summed E-state index contributed by atoms with van der Waals surface area (Å²) in [6.45, 7) is 3.08. The molecule has 0 spiro atoms. The van der Waals surface area contributed by atoms with Crippen molar-refractivity contribution >= 4 is 0 Å². The summed E-state index contributed by atoms with van der Waals surface area (Å²) in [5, 5.41) is 0. The molecule has 0 aliphatic rings. The highest BCUT2D eigenvalue weighted by Gasteiger charge is 1.99. The van der Waals surface area contributed by atoms with Crippen LogP contribution < -0.4 is 4.74 Å². The summed E-state index contributed by atoms with van der Waals surface area (Å²) in [6, 6.07) is 4.93. The molecule has 3 heteroatoms. The number of benzene rings is 1. The molecule has 0 fully saturated rings. The molecule has 1 aromatic carbocycles. The van der Waals surface area contributed by atoms with Crippen molar-refractivity contribution in [3.05, 3.63) is 29.6 Å². The van der Waals surface area contributed by atoms with Gasteiger partial charge in [0, 0.05) is 19.8 Å². The molecule has 1 aromatic rings. The minimum Gasteiger partial charge on any atom is -0.493 e. The van der Waals surface area contributed by atoms with E-state index in [1.54, 1.807) is 26.2 Å². The second-order valence-corrected chi connectivity index (χ2v) is 3.46. The summed E-state index contributed by atoms with van der Waals surface area (Å²) in [4.78, 5) is 0. The number of hydrogen-bond donors (Lipinski definition) is 0. The number of halogens is 1. The van der Waals surface area contributed by atoms with E-state index in [2.05, 4.69) is 0 Å².